The van der Waals surface area contributed by atoms with Crippen LogP contribution in [0.2, 0.25) is 0 Å². The van der Waals surface area contributed by atoms with E-state index in [1.54, 1.807) is 0 Å². The Labute approximate surface area is 308 Å². The average molecular weight is 683 g/mol. The van der Waals surface area contributed by atoms with Gasteiger partial charge in [-0.2, -0.15) is 0 Å². The van der Waals surface area contributed by atoms with Gasteiger partial charge in [-0.1, -0.05) is 127 Å². The predicted octanol–water partition coefficient (Wildman–Crippen LogP) is 14.2. The molecule has 0 aliphatic carbocycles. The first-order chi connectivity index (χ1) is 25.8. The summed E-state index contributed by atoms with van der Waals surface area (Å²) < 4.78 is 2.61. The molecule has 0 radical (unpaired) electrons. The fraction of sp³-hybridized carbons (Fsp3) is 0.0204. The summed E-state index contributed by atoms with van der Waals surface area (Å²) in [5.74, 6) is 0. The molecular formula is C49H34N2S. The summed E-state index contributed by atoms with van der Waals surface area (Å²) >= 11 is 1.86. The van der Waals surface area contributed by atoms with Crippen molar-refractivity contribution >= 4 is 65.6 Å². The van der Waals surface area contributed by atoms with Crippen molar-refractivity contribution < 1.29 is 0 Å². The normalized spacial score (nSPS) is 12.1. The molecule has 2 nitrogen and oxygen atoms in total. The lowest BCUT2D eigenvalue weighted by Gasteiger charge is -2.33. The predicted molar refractivity (Wildman–Crippen MR) is 222 cm³/mol. The third-order valence-electron chi connectivity index (χ3n) is 10.3. The molecular weight excluding hydrogens is 649 g/mol. The van der Waals surface area contributed by atoms with E-state index in [1.807, 2.05) is 11.3 Å². The van der Waals surface area contributed by atoms with Crippen molar-refractivity contribution in [2.45, 2.75) is 6.42 Å². The molecule has 52 heavy (non-hydrogen) atoms. The van der Waals surface area contributed by atoms with Gasteiger partial charge in [-0.15, -0.1) is 11.3 Å². The summed E-state index contributed by atoms with van der Waals surface area (Å²) in [5.41, 5.74) is 14.5. The molecule has 0 atom stereocenters. The molecule has 0 spiro atoms. The second-order valence-electron chi connectivity index (χ2n) is 13.4. The van der Waals surface area contributed by atoms with Crippen LogP contribution < -0.4 is 9.80 Å². The highest BCUT2D eigenvalue weighted by molar-refractivity contribution is 7.25. The van der Waals surface area contributed by atoms with E-state index >= 15 is 0 Å². The minimum Gasteiger partial charge on any atom is -0.310 e. The summed E-state index contributed by atoms with van der Waals surface area (Å²) in [6.45, 7) is 0. The van der Waals surface area contributed by atoms with Gasteiger partial charge in [0.2, 0.25) is 0 Å². The number of thiophene rings is 1. The first-order valence-electron chi connectivity index (χ1n) is 17.8. The Balaban J connectivity index is 1.04. The van der Waals surface area contributed by atoms with E-state index in [-0.39, 0.29) is 0 Å². The van der Waals surface area contributed by atoms with Crippen molar-refractivity contribution in [3.05, 3.63) is 205 Å². The standard InChI is InChI=1S/C49H34N2S/c1-2-11-34(12-3-1)35-21-25-40(26-22-35)50(43-29-30-45-44-17-6-9-20-48(44)52-49(45)33-43)41-27-23-36(24-28-41)37-15-10-16-42(32-37)51-46-18-7-4-13-38(46)31-39-14-5-8-19-47(39)51/h1-30,32-33H,31H2. The molecule has 0 unspecified atom stereocenters. The lowest BCUT2D eigenvalue weighted by Crippen LogP contribution is -2.18. The van der Waals surface area contributed by atoms with Gasteiger partial charge < -0.3 is 9.80 Å². The largest absolute Gasteiger partial charge is 0.310 e. The van der Waals surface area contributed by atoms with Crippen molar-refractivity contribution in [2.24, 2.45) is 0 Å². The van der Waals surface area contributed by atoms with Gasteiger partial charge in [0, 0.05) is 60.7 Å². The highest BCUT2D eigenvalue weighted by Gasteiger charge is 2.24. The molecule has 246 valence electrons. The SMILES string of the molecule is c1ccc(-c2ccc(N(c3ccc(-c4cccc(N5c6ccccc6Cc6ccccc65)c4)cc3)c3ccc4c(c3)sc3ccccc34)cc2)cc1. The van der Waals surface area contributed by atoms with E-state index in [0.29, 0.717) is 0 Å². The van der Waals surface area contributed by atoms with Gasteiger partial charge in [0.15, 0.2) is 0 Å². The highest BCUT2D eigenvalue weighted by atomic mass is 32.1. The van der Waals surface area contributed by atoms with Crippen LogP contribution in [0.5, 0.6) is 0 Å². The summed E-state index contributed by atoms with van der Waals surface area (Å²) in [4.78, 5) is 4.79. The third kappa shape index (κ3) is 5.35. The van der Waals surface area contributed by atoms with Crippen LogP contribution in [-0.4, -0.2) is 0 Å². The van der Waals surface area contributed by atoms with Crippen LogP contribution in [0.3, 0.4) is 0 Å². The van der Waals surface area contributed by atoms with Crippen LogP contribution in [0.25, 0.3) is 42.4 Å². The maximum absolute atomic E-state index is 2.41. The van der Waals surface area contributed by atoms with Crippen molar-refractivity contribution in [1.82, 2.24) is 0 Å². The van der Waals surface area contributed by atoms with Gasteiger partial charge in [-0.3, -0.25) is 0 Å². The minimum absolute atomic E-state index is 0.950. The van der Waals surface area contributed by atoms with Gasteiger partial charge in [0.1, 0.15) is 0 Å². The highest BCUT2D eigenvalue weighted by Crippen LogP contribution is 2.45. The molecule has 0 saturated carbocycles. The van der Waals surface area contributed by atoms with Crippen molar-refractivity contribution in [3.63, 3.8) is 0 Å². The fourth-order valence-electron chi connectivity index (χ4n) is 7.73. The lowest BCUT2D eigenvalue weighted by molar-refractivity contribution is 1.09. The Hall–Kier alpha value is -6.42. The zero-order valence-corrected chi connectivity index (χ0v) is 29.3. The fourth-order valence-corrected chi connectivity index (χ4v) is 8.87. The van der Waals surface area contributed by atoms with E-state index in [1.165, 1.54) is 64.9 Å². The molecule has 9 aromatic rings. The molecule has 0 N–H and O–H groups in total. The summed E-state index contributed by atoms with van der Waals surface area (Å²) in [7, 11) is 0. The van der Waals surface area contributed by atoms with Gasteiger partial charge >= 0.3 is 0 Å². The number of benzene rings is 8. The lowest BCUT2D eigenvalue weighted by atomic mass is 9.94. The molecule has 0 fully saturated rings. The van der Waals surface area contributed by atoms with Gasteiger partial charge in [0.25, 0.3) is 0 Å². The molecule has 0 amide bonds. The number of hydrogen-bond donors (Lipinski definition) is 0. The van der Waals surface area contributed by atoms with Gasteiger partial charge in [-0.25, -0.2) is 0 Å². The quantitative estimate of drug-likeness (QED) is 0.172. The third-order valence-corrected chi connectivity index (χ3v) is 11.4. The molecule has 1 aliphatic rings. The minimum atomic E-state index is 0.950. The van der Waals surface area contributed by atoms with Crippen LogP contribution >= 0.6 is 11.3 Å². The topological polar surface area (TPSA) is 6.48 Å². The van der Waals surface area contributed by atoms with E-state index in [2.05, 4.69) is 204 Å². The Morgan fingerprint density at radius 2 is 0.923 bits per heavy atom. The van der Waals surface area contributed by atoms with Gasteiger partial charge in [0.05, 0.1) is 0 Å². The van der Waals surface area contributed by atoms with Crippen molar-refractivity contribution in [1.29, 1.82) is 0 Å². The van der Waals surface area contributed by atoms with Crippen LogP contribution in [0.1, 0.15) is 11.1 Å². The van der Waals surface area contributed by atoms with Crippen LogP contribution in [-0.2, 0) is 6.42 Å². The first kappa shape index (κ1) is 30.4. The Kier molecular flexibility index (Phi) is 7.44. The summed E-state index contributed by atoms with van der Waals surface area (Å²) in [5, 5.41) is 2.62. The summed E-state index contributed by atoms with van der Waals surface area (Å²) in [6.07, 6.45) is 0.950. The van der Waals surface area contributed by atoms with E-state index in [9.17, 15) is 0 Å². The Morgan fingerprint density at radius 1 is 0.385 bits per heavy atom. The number of fused-ring (bicyclic) bond motifs is 5. The molecule has 3 heteroatoms. The maximum atomic E-state index is 2.41. The second kappa shape index (κ2) is 12.7. The van der Waals surface area contributed by atoms with Crippen molar-refractivity contribution in [3.8, 4) is 22.3 Å². The average Bonchev–Trinajstić information content (AvgIpc) is 3.59. The molecule has 2 heterocycles. The number of para-hydroxylation sites is 2. The van der Waals surface area contributed by atoms with Crippen LogP contribution in [0.4, 0.5) is 34.1 Å². The zero-order chi connectivity index (χ0) is 34.4. The Bertz CT molecular complexity index is 2660. The summed E-state index contributed by atoms with van der Waals surface area (Å²) in [6, 6.07) is 70.6. The van der Waals surface area contributed by atoms with Gasteiger partial charge in [-0.05, 0) is 100 Å². The number of rotatable bonds is 6. The molecule has 1 aliphatic heterocycles. The second-order valence-corrected chi connectivity index (χ2v) is 14.5. The van der Waals surface area contributed by atoms with Crippen molar-refractivity contribution in [2.75, 3.05) is 9.80 Å². The number of hydrogen-bond acceptors (Lipinski definition) is 3. The first-order valence-corrected chi connectivity index (χ1v) is 18.6. The smallest absolute Gasteiger partial charge is 0.0497 e. The van der Waals surface area contributed by atoms with E-state index < -0.39 is 0 Å². The molecule has 0 bridgehead atoms. The van der Waals surface area contributed by atoms with Crippen LogP contribution in [0, 0.1) is 0 Å². The number of anilines is 6. The molecule has 10 rings (SSSR count). The number of nitrogens with zero attached hydrogens (tertiary/aromatic N) is 2. The van der Waals surface area contributed by atoms with E-state index in [4.69, 9.17) is 0 Å². The maximum Gasteiger partial charge on any atom is 0.0497 e. The monoisotopic (exact) mass is 682 g/mol. The molecule has 0 saturated heterocycles. The zero-order valence-electron chi connectivity index (χ0n) is 28.5. The van der Waals surface area contributed by atoms with E-state index in [0.717, 1.165) is 29.2 Å². The molecule has 8 aromatic carbocycles. The van der Waals surface area contributed by atoms with Crippen LogP contribution in [0.15, 0.2) is 194 Å². The Morgan fingerprint density at radius 3 is 1.63 bits per heavy atom. The molecule has 1 aromatic heterocycles.